The van der Waals surface area contributed by atoms with E-state index < -0.39 is 5.54 Å². The van der Waals surface area contributed by atoms with Gasteiger partial charge in [-0.05, 0) is 51.5 Å². The Hall–Kier alpha value is -3.77. The van der Waals surface area contributed by atoms with Crippen molar-refractivity contribution >= 4 is 22.3 Å². The van der Waals surface area contributed by atoms with Gasteiger partial charge >= 0.3 is 0 Å². The number of fused-ring (bicyclic) bond motifs is 1. The van der Waals surface area contributed by atoms with E-state index in [1.54, 1.807) is 0 Å². The van der Waals surface area contributed by atoms with Gasteiger partial charge < -0.3 is 25.3 Å². The highest BCUT2D eigenvalue weighted by Gasteiger charge is 2.22. The maximum Gasteiger partial charge on any atom is 0.199 e. The quantitative estimate of drug-likeness (QED) is 0.282. The minimum absolute atomic E-state index is 0.0315. The standard InChI is InChI=1S/C28H31N3O3/c1-5-33-23-16-21-22(17-24(23)34-6-2)31-27(32)25(21)26(18-11-8-7-9-12-18)30-20-14-10-13-19(15-20)28(3,4)29/h7-17,31-32H,5-6,29H2,1-4H3. The summed E-state index contributed by atoms with van der Waals surface area (Å²) in [6.45, 7) is 8.79. The number of aromatic nitrogens is 1. The Labute approximate surface area is 200 Å². The molecule has 0 saturated heterocycles. The maximum absolute atomic E-state index is 11.0. The number of aromatic hydroxyl groups is 1. The van der Waals surface area contributed by atoms with Crippen LogP contribution in [-0.2, 0) is 5.54 Å². The lowest BCUT2D eigenvalue weighted by molar-refractivity contribution is 0.288. The molecule has 6 nitrogen and oxygen atoms in total. The molecule has 0 bridgehead atoms. The summed E-state index contributed by atoms with van der Waals surface area (Å²) in [7, 11) is 0. The number of hydrogen-bond donors (Lipinski definition) is 3. The average molecular weight is 458 g/mol. The third kappa shape index (κ3) is 4.77. The van der Waals surface area contributed by atoms with Crippen LogP contribution in [0.2, 0.25) is 0 Å². The van der Waals surface area contributed by atoms with E-state index in [9.17, 15) is 5.11 Å². The van der Waals surface area contributed by atoms with Crippen molar-refractivity contribution in [1.29, 1.82) is 0 Å². The minimum atomic E-state index is -0.497. The summed E-state index contributed by atoms with van der Waals surface area (Å²) in [5, 5.41) is 11.8. The highest BCUT2D eigenvalue weighted by molar-refractivity contribution is 6.22. The zero-order valence-corrected chi connectivity index (χ0v) is 20.1. The van der Waals surface area contributed by atoms with Gasteiger partial charge in [0, 0.05) is 22.6 Å². The SMILES string of the molecule is CCOc1cc2[nH]c(O)c(C(=Nc3cccc(C(C)(C)N)c3)c3ccccc3)c2cc1OCC. The molecule has 6 heteroatoms. The summed E-state index contributed by atoms with van der Waals surface area (Å²) < 4.78 is 11.6. The first-order valence-electron chi connectivity index (χ1n) is 11.5. The first kappa shape index (κ1) is 23.4. The fraction of sp³-hybridized carbons (Fsp3) is 0.250. The topological polar surface area (TPSA) is 92.9 Å². The van der Waals surface area contributed by atoms with Crippen molar-refractivity contribution in [3.8, 4) is 17.4 Å². The van der Waals surface area contributed by atoms with E-state index >= 15 is 0 Å². The van der Waals surface area contributed by atoms with Gasteiger partial charge in [-0.1, -0.05) is 42.5 Å². The maximum atomic E-state index is 11.0. The van der Waals surface area contributed by atoms with Gasteiger partial charge in [-0.15, -0.1) is 0 Å². The summed E-state index contributed by atoms with van der Waals surface area (Å²) in [6.07, 6.45) is 0. The van der Waals surface area contributed by atoms with Crippen LogP contribution < -0.4 is 15.2 Å². The van der Waals surface area contributed by atoms with Gasteiger partial charge in [0.1, 0.15) is 0 Å². The summed E-state index contributed by atoms with van der Waals surface area (Å²) in [6, 6.07) is 21.4. The van der Waals surface area contributed by atoms with E-state index in [0.29, 0.717) is 36.0 Å². The normalized spacial score (nSPS) is 12.2. The van der Waals surface area contributed by atoms with Gasteiger partial charge in [-0.2, -0.15) is 0 Å². The van der Waals surface area contributed by atoms with E-state index in [1.165, 1.54) is 0 Å². The Morgan fingerprint density at radius 1 is 0.941 bits per heavy atom. The predicted molar refractivity (Wildman–Crippen MR) is 138 cm³/mol. The van der Waals surface area contributed by atoms with Gasteiger partial charge in [-0.3, -0.25) is 0 Å². The highest BCUT2D eigenvalue weighted by atomic mass is 16.5. The molecule has 0 aliphatic carbocycles. The van der Waals surface area contributed by atoms with Crippen LogP contribution in [0.5, 0.6) is 17.4 Å². The number of hydrogen-bond acceptors (Lipinski definition) is 5. The number of benzene rings is 3. The van der Waals surface area contributed by atoms with Crippen LogP contribution in [0.1, 0.15) is 44.4 Å². The Kier molecular flexibility index (Phi) is 6.61. The number of H-pyrrole nitrogens is 1. The summed E-state index contributed by atoms with van der Waals surface area (Å²) >= 11 is 0. The smallest absolute Gasteiger partial charge is 0.199 e. The van der Waals surface area contributed by atoms with Crippen LogP contribution in [-0.4, -0.2) is 29.0 Å². The molecule has 3 aromatic carbocycles. The molecule has 1 heterocycles. The third-order valence-corrected chi connectivity index (χ3v) is 5.56. The molecule has 0 aliphatic heterocycles. The first-order chi connectivity index (χ1) is 16.3. The van der Waals surface area contributed by atoms with Crippen LogP contribution in [0.4, 0.5) is 5.69 Å². The van der Waals surface area contributed by atoms with Crippen molar-refractivity contribution in [2.45, 2.75) is 33.2 Å². The monoisotopic (exact) mass is 457 g/mol. The van der Waals surface area contributed by atoms with Crippen molar-refractivity contribution < 1.29 is 14.6 Å². The van der Waals surface area contributed by atoms with Crippen LogP contribution in [0.3, 0.4) is 0 Å². The van der Waals surface area contributed by atoms with E-state index in [-0.39, 0.29) is 5.88 Å². The Morgan fingerprint density at radius 3 is 2.26 bits per heavy atom. The largest absolute Gasteiger partial charge is 0.494 e. The van der Waals surface area contributed by atoms with Crippen molar-refractivity contribution in [2.24, 2.45) is 10.7 Å². The molecule has 0 fully saturated rings. The molecule has 4 aromatic rings. The molecule has 34 heavy (non-hydrogen) atoms. The minimum Gasteiger partial charge on any atom is -0.494 e. The second kappa shape index (κ2) is 9.61. The Morgan fingerprint density at radius 2 is 1.62 bits per heavy atom. The van der Waals surface area contributed by atoms with Gasteiger partial charge in [0.2, 0.25) is 0 Å². The van der Waals surface area contributed by atoms with Crippen LogP contribution >= 0.6 is 0 Å². The second-order valence-corrected chi connectivity index (χ2v) is 8.66. The number of nitrogens with zero attached hydrogens (tertiary/aromatic N) is 1. The molecular weight excluding hydrogens is 426 g/mol. The van der Waals surface area contributed by atoms with Crippen molar-refractivity contribution in [3.05, 3.63) is 83.4 Å². The predicted octanol–water partition coefficient (Wildman–Crippen LogP) is 6.03. The number of nitrogens with two attached hydrogens (primary N) is 1. The van der Waals surface area contributed by atoms with Gasteiger partial charge in [-0.25, -0.2) is 4.99 Å². The zero-order chi connectivity index (χ0) is 24.3. The van der Waals surface area contributed by atoms with E-state index in [1.807, 2.05) is 94.4 Å². The fourth-order valence-electron chi connectivity index (χ4n) is 3.93. The lowest BCUT2D eigenvalue weighted by Crippen LogP contribution is -2.28. The molecular formula is C28H31N3O3. The number of rotatable bonds is 8. The number of ether oxygens (including phenoxy) is 2. The van der Waals surface area contributed by atoms with E-state index in [2.05, 4.69) is 4.98 Å². The molecule has 0 spiro atoms. The van der Waals surface area contributed by atoms with Crippen molar-refractivity contribution in [2.75, 3.05) is 13.2 Å². The number of nitrogens with one attached hydrogen (secondary N) is 1. The molecule has 4 N–H and O–H groups in total. The van der Waals surface area contributed by atoms with Gasteiger partial charge in [0.15, 0.2) is 17.4 Å². The van der Waals surface area contributed by atoms with E-state index in [0.717, 1.165) is 27.7 Å². The lowest BCUT2D eigenvalue weighted by Gasteiger charge is -2.19. The molecule has 0 amide bonds. The van der Waals surface area contributed by atoms with Crippen LogP contribution in [0.15, 0.2) is 71.7 Å². The second-order valence-electron chi connectivity index (χ2n) is 8.66. The average Bonchev–Trinajstić information content (AvgIpc) is 3.12. The molecule has 0 saturated carbocycles. The summed E-state index contributed by atoms with van der Waals surface area (Å²) in [5.41, 5.74) is 10.4. The molecule has 0 atom stereocenters. The third-order valence-electron chi connectivity index (χ3n) is 5.56. The Bertz CT molecular complexity index is 1320. The van der Waals surface area contributed by atoms with Crippen LogP contribution in [0, 0.1) is 0 Å². The van der Waals surface area contributed by atoms with Crippen LogP contribution in [0.25, 0.3) is 10.9 Å². The van der Waals surface area contributed by atoms with Gasteiger partial charge in [0.25, 0.3) is 0 Å². The molecule has 0 radical (unpaired) electrons. The molecule has 0 aliphatic rings. The molecule has 0 unspecified atom stereocenters. The molecule has 176 valence electrons. The Balaban J connectivity index is 1.96. The summed E-state index contributed by atoms with van der Waals surface area (Å²) in [5.74, 6) is 1.28. The van der Waals surface area contributed by atoms with Crippen molar-refractivity contribution in [3.63, 3.8) is 0 Å². The first-order valence-corrected chi connectivity index (χ1v) is 11.5. The number of aromatic amines is 1. The summed E-state index contributed by atoms with van der Waals surface area (Å²) in [4.78, 5) is 8.09. The lowest BCUT2D eigenvalue weighted by atomic mass is 9.95. The fourth-order valence-corrected chi connectivity index (χ4v) is 3.93. The van der Waals surface area contributed by atoms with E-state index in [4.69, 9.17) is 20.2 Å². The number of aliphatic imine (C=N–C) groups is 1. The van der Waals surface area contributed by atoms with Gasteiger partial charge in [0.05, 0.1) is 35.7 Å². The zero-order valence-electron chi connectivity index (χ0n) is 20.1. The van der Waals surface area contributed by atoms with Crippen molar-refractivity contribution in [1.82, 2.24) is 4.98 Å². The molecule has 4 rings (SSSR count). The molecule has 1 aromatic heterocycles. The highest BCUT2D eigenvalue weighted by Crippen LogP contribution is 2.39.